The van der Waals surface area contributed by atoms with Crippen molar-refractivity contribution in [1.82, 2.24) is 15.5 Å². The van der Waals surface area contributed by atoms with E-state index in [0.717, 1.165) is 36.0 Å². The van der Waals surface area contributed by atoms with E-state index in [4.69, 9.17) is 9.47 Å². The lowest BCUT2D eigenvalue weighted by Gasteiger charge is -2.31. The van der Waals surface area contributed by atoms with Crippen LogP contribution in [0.4, 0.5) is 8.78 Å². The Morgan fingerprint density at radius 1 is 0.825 bits per heavy atom. The van der Waals surface area contributed by atoms with E-state index in [1.54, 1.807) is 19.1 Å². The molecular formula is C43H53F2N3O9. The SMILES string of the molecule is C[C@H](N[C@@H](CCc1ccccc1)C(=O)O)C(=O)N1[C@H](C(=O)O)C[C@@H]2CCC[C@@H]21.O[C@@H](CNC[C@H](O)[C@H]1CCc2cc(F)ccc2O1)[C@@H]1CCc2cc(F)ccc2O1. The monoisotopic (exact) mass is 793 g/mol. The van der Waals surface area contributed by atoms with Gasteiger partial charge in [-0.2, -0.15) is 0 Å². The largest absolute Gasteiger partial charge is 0.487 e. The fraction of sp³-hybridized carbons (Fsp3) is 0.512. The van der Waals surface area contributed by atoms with Gasteiger partial charge in [0, 0.05) is 19.1 Å². The van der Waals surface area contributed by atoms with Gasteiger partial charge < -0.3 is 40.1 Å². The molecule has 0 spiro atoms. The van der Waals surface area contributed by atoms with Gasteiger partial charge in [-0.15, -0.1) is 0 Å². The summed E-state index contributed by atoms with van der Waals surface area (Å²) in [6, 6.07) is 15.9. The van der Waals surface area contributed by atoms with Crippen molar-refractivity contribution in [3.8, 4) is 11.5 Å². The zero-order valence-electron chi connectivity index (χ0n) is 32.1. The Balaban J connectivity index is 0.000000193. The van der Waals surface area contributed by atoms with Gasteiger partial charge >= 0.3 is 11.9 Å². The molecule has 4 aliphatic rings. The number of rotatable bonds is 14. The highest BCUT2D eigenvalue weighted by molar-refractivity contribution is 5.88. The molecule has 12 nitrogen and oxygen atoms in total. The van der Waals surface area contributed by atoms with Crippen LogP contribution in [0.3, 0.4) is 0 Å². The summed E-state index contributed by atoms with van der Waals surface area (Å²) in [5, 5.41) is 45.9. The summed E-state index contributed by atoms with van der Waals surface area (Å²) in [5.41, 5.74) is 2.66. The summed E-state index contributed by atoms with van der Waals surface area (Å²) in [7, 11) is 0. The van der Waals surface area contributed by atoms with E-state index in [-0.39, 0.29) is 54.8 Å². The maximum absolute atomic E-state index is 13.3. The zero-order valence-corrected chi connectivity index (χ0v) is 32.1. The first-order valence-electron chi connectivity index (χ1n) is 19.9. The number of amides is 1. The summed E-state index contributed by atoms with van der Waals surface area (Å²) < 4.78 is 38.2. The second-order valence-corrected chi connectivity index (χ2v) is 15.6. The van der Waals surface area contributed by atoms with Crippen LogP contribution in [0.2, 0.25) is 0 Å². The predicted molar refractivity (Wildman–Crippen MR) is 206 cm³/mol. The van der Waals surface area contributed by atoms with E-state index < -0.39 is 42.3 Å². The second-order valence-electron chi connectivity index (χ2n) is 15.6. The van der Waals surface area contributed by atoms with E-state index in [9.17, 15) is 43.6 Å². The molecule has 9 atom stereocenters. The summed E-state index contributed by atoms with van der Waals surface area (Å²) >= 11 is 0. The van der Waals surface area contributed by atoms with E-state index in [0.29, 0.717) is 56.4 Å². The highest BCUT2D eigenvalue weighted by atomic mass is 19.1. The smallest absolute Gasteiger partial charge is 0.326 e. The van der Waals surface area contributed by atoms with Crippen LogP contribution in [-0.2, 0) is 33.6 Å². The van der Waals surface area contributed by atoms with Gasteiger partial charge in [0.15, 0.2) is 0 Å². The molecule has 1 aliphatic carbocycles. The molecule has 7 rings (SSSR count). The molecule has 3 heterocycles. The number of likely N-dealkylation sites (tertiary alicyclic amines) is 1. The molecule has 1 saturated heterocycles. The average molecular weight is 794 g/mol. The Bertz CT molecular complexity index is 1780. The maximum Gasteiger partial charge on any atom is 0.326 e. The number of nitrogens with zero attached hydrogens (tertiary/aromatic N) is 1. The molecule has 308 valence electrons. The molecule has 0 radical (unpaired) electrons. The minimum absolute atomic E-state index is 0.0366. The maximum atomic E-state index is 13.3. The minimum atomic E-state index is -1.01. The highest BCUT2D eigenvalue weighted by Crippen LogP contribution is 2.41. The predicted octanol–water partition coefficient (Wildman–Crippen LogP) is 4.27. The standard InChI is InChI=1S/C22H25F2NO4.C21H28N2O5/c23-15-3-7-19-13(9-15)1-5-21(28-19)17(26)11-25-12-18(27)22-6-2-14-10-16(24)4-8-20(14)29-22;1-13(22-16(20(25)26)11-10-14-6-3-2-4-7-14)19(24)23-17-9-5-8-15(17)12-18(23)21(27)28/h3-4,7-10,17-18,21-22,25-27H,1-2,5-6,11-12H2;2-4,6-7,13,15-18,22H,5,8-12H2,1H3,(H,25,26)(H,27,28)/t17-,18-,21-,22+;13-,15-,16-,17-,18-/m00/s1. The van der Waals surface area contributed by atoms with Gasteiger partial charge in [-0.25, -0.2) is 13.6 Å². The first-order chi connectivity index (χ1) is 27.4. The molecular weight excluding hydrogens is 740 g/mol. The first-order valence-corrected chi connectivity index (χ1v) is 19.9. The van der Waals surface area contributed by atoms with Gasteiger partial charge in [-0.05, 0) is 124 Å². The zero-order chi connectivity index (χ0) is 40.6. The third kappa shape index (κ3) is 10.7. The summed E-state index contributed by atoms with van der Waals surface area (Å²) in [5.74, 6) is -1.43. The number of fused-ring (bicyclic) bond motifs is 3. The number of hydrogen-bond donors (Lipinski definition) is 6. The van der Waals surface area contributed by atoms with Crippen molar-refractivity contribution in [3.05, 3.63) is 95.1 Å². The number of benzene rings is 3. The quantitative estimate of drug-likeness (QED) is 0.138. The number of carbonyl (C=O) groups excluding carboxylic acids is 1. The molecule has 14 heteroatoms. The van der Waals surface area contributed by atoms with Crippen molar-refractivity contribution < 1.29 is 53.1 Å². The van der Waals surface area contributed by atoms with Gasteiger partial charge in [0.25, 0.3) is 0 Å². The number of aliphatic hydroxyl groups is 2. The number of carboxylic acid groups (broad SMARTS) is 2. The Morgan fingerprint density at radius 3 is 1.95 bits per heavy atom. The molecule has 57 heavy (non-hydrogen) atoms. The van der Waals surface area contributed by atoms with Crippen molar-refractivity contribution >= 4 is 17.8 Å². The number of aliphatic carboxylic acids is 2. The van der Waals surface area contributed by atoms with E-state index in [1.807, 2.05) is 30.3 Å². The van der Waals surface area contributed by atoms with Crippen molar-refractivity contribution in [2.24, 2.45) is 5.92 Å². The van der Waals surface area contributed by atoms with Crippen LogP contribution in [-0.4, -0.2) is 105 Å². The molecule has 3 aromatic rings. The second kappa shape index (κ2) is 19.2. The number of ether oxygens (including phenoxy) is 2. The number of aryl methyl sites for hydroxylation is 3. The number of nitrogens with one attached hydrogen (secondary N) is 2. The van der Waals surface area contributed by atoms with Crippen molar-refractivity contribution in [2.45, 2.75) is 120 Å². The fourth-order valence-corrected chi connectivity index (χ4v) is 8.60. The van der Waals surface area contributed by atoms with Crippen molar-refractivity contribution in [3.63, 3.8) is 0 Å². The number of halogens is 2. The van der Waals surface area contributed by atoms with Crippen LogP contribution in [0, 0.1) is 17.6 Å². The van der Waals surface area contributed by atoms with E-state index >= 15 is 0 Å². The lowest BCUT2D eigenvalue weighted by molar-refractivity contribution is -0.151. The van der Waals surface area contributed by atoms with Crippen LogP contribution in [0.5, 0.6) is 11.5 Å². The third-order valence-corrected chi connectivity index (χ3v) is 11.6. The Hall–Kier alpha value is -4.63. The Kier molecular flexibility index (Phi) is 14.2. The van der Waals surface area contributed by atoms with Crippen LogP contribution in [0.25, 0.3) is 0 Å². The van der Waals surface area contributed by atoms with Gasteiger partial charge in [0.1, 0.15) is 59.6 Å². The molecule has 3 aromatic carbocycles. The molecule has 1 saturated carbocycles. The number of aliphatic hydroxyl groups excluding tert-OH is 2. The highest BCUT2D eigenvalue weighted by Gasteiger charge is 2.49. The Labute approximate surface area is 331 Å². The molecule has 2 fully saturated rings. The summed E-state index contributed by atoms with van der Waals surface area (Å²) in [4.78, 5) is 37.9. The minimum Gasteiger partial charge on any atom is -0.487 e. The molecule has 1 amide bonds. The van der Waals surface area contributed by atoms with E-state index in [1.165, 1.54) is 29.2 Å². The first kappa shape index (κ1) is 42.0. The molecule has 3 aliphatic heterocycles. The number of carboxylic acids is 2. The number of carbonyl (C=O) groups is 3. The summed E-state index contributed by atoms with van der Waals surface area (Å²) in [6.07, 6.45) is 4.42. The van der Waals surface area contributed by atoms with Crippen LogP contribution in [0.1, 0.15) is 68.6 Å². The average Bonchev–Trinajstić information content (AvgIpc) is 3.81. The van der Waals surface area contributed by atoms with Gasteiger partial charge in [-0.1, -0.05) is 36.8 Å². The normalized spacial score (nSPS) is 24.2. The third-order valence-electron chi connectivity index (χ3n) is 11.6. The van der Waals surface area contributed by atoms with Crippen molar-refractivity contribution in [1.29, 1.82) is 0 Å². The lowest BCUT2D eigenvalue weighted by atomic mass is 9.98. The van der Waals surface area contributed by atoms with Crippen molar-refractivity contribution in [2.75, 3.05) is 13.1 Å². The Morgan fingerprint density at radius 2 is 1.40 bits per heavy atom. The molecule has 0 unspecified atom stereocenters. The topological polar surface area (TPSA) is 178 Å². The van der Waals surface area contributed by atoms with Crippen LogP contribution in [0.15, 0.2) is 66.7 Å². The van der Waals surface area contributed by atoms with Gasteiger partial charge in [-0.3, -0.25) is 14.9 Å². The van der Waals surface area contributed by atoms with Crippen LogP contribution >= 0.6 is 0 Å². The lowest BCUT2D eigenvalue weighted by Crippen LogP contribution is -2.55. The molecule has 0 bridgehead atoms. The van der Waals surface area contributed by atoms with Gasteiger partial charge in [0.05, 0.1) is 6.04 Å². The number of hydrogen-bond acceptors (Lipinski definition) is 9. The summed E-state index contributed by atoms with van der Waals surface area (Å²) in [6.45, 7) is 2.14. The van der Waals surface area contributed by atoms with Crippen LogP contribution < -0.4 is 20.1 Å². The fourth-order valence-electron chi connectivity index (χ4n) is 8.60. The molecule has 6 N–H and O–H groups in total. The van der Waals surface area contributed by atoms with E-state index in [2.05, 4.69) is 10.6 Å². The van der Waals surface area contributed by atoms with Gasteiger partial charge in [0.2, 0.25) is 5.91 Å². The molecule has 0 aromatic heterocycles.